The van der Waals surface area contributed by atoms with Crippen molar-refractivity contribution in [3.05, 3.63) is 36.3 Å². The SMILES string of the molecule is CNCC(=O)OCCOCCOc1cc2ncn(-c3ccc(C#N)cn3)c2nc1NC1CCOCC1. The Morgan fingerprint density at radius 2 is 2.06 bits per heavy atom. The highest BCUT2D eigenvalue weighted by atomic mass is 16.6. The summed E-state index contributed by atoms with van der Waals surface area (Å²) in [4.78, 5) is 25.0. The molecule has 12 nitrogen and oxygen atoms in total. The highest BCUT2D eigenvalue weighted by molar-refractivity contribution is 5.78. The van der Waals surface area contributed by atoms with Crippen molar-refractivity contribution in [2.45, 2.75) is 18.9 Å². The van der Waals surface area contributed by atoms with Crippen molar-refractivity contribution in [1.82, 2.24) is 24.8 Å². The molecule has 1 fully saturated rings. The number of carbonyl (C=O) groups excluding carboxylic acids is 1. The van der Waals surface area contributed by atoms with E-state index < -0.39 is 0 Å². The van der Waals surface area contributed by atoms with Gasteiger partial charge >= 0.3 is 5.97 Å². The second kappa shape index (κ2) is 12.8. The molecule has 1 aliphatic rings. The fourth-order valence-electron chi connectivity index (χ4n) is 3.66. The normalized spacial score (nSPS) is 13.9. The van der Waals surface area contributed by atoms with Crippen LogP contribution in [-0.4, -0.2) is 84.8 Å². The number of nitrogens with one attached hydrogen (secondary N) is 2. The Kier molecular flexibility index (Phi) is 8.98. The van der Waals surface area contributed by atoms with Gasteiger partial charge < -0.3 is 29.6 Å². The molecule has 0 aliphatic carbocycles. The van der Waals surface area contributed by atoms with Gasteiger partial charge in [-0.1, -0.05) is 0 Å². The van der Waals surface area contributed by atoms with Crippen LogP contribution in [0.3, 0.4) is 0 Å². The number of pyridine rings is 2. The molecule has 1 saturated heterocycles. The monoisotopic (exact) mass is 495 g/mol. The predicted octanol–water partition coefficient (Wildman–Crippen LogP) is 1.44. The molecule has 0 unspecified atom stereocenters. The Labute approximate surface area is 208 Å². The van der Waals surface area contributed by atoms with Crippen molar-refractivity contribution in [1.29, 1.82) is 5.26 Å². The minimum absolute atomic E-state index is 0.165. The molecule has 0 radical (unpaired) electrons. The standard InChI is InChI=1S/C24H29N7O5/c1-26-15-22(32)36-11-9-34-8-10-35-20-12-19-24(30-23(20)29-18-4-6-33-7-5-18)31(16-28-19)21-3-2-17(13-25)14-27-21/h2-3,12,14,16,18,26H,4-11,15H2,1H3,(H,29,30). The molecule has 190 valence electrons. The molecular formula is C24H29N7O5. The fourth-order valence-corrected chi connectivity index (χ4v) is 3.66. The molecular weight excluding hydrogens is 466 g/mol. The van der Waals surface area contributed by atoms with Crippen molar-refractivity contribution in [2.24, 2.45) is 0 Å². The third-order valence-corrected chi connectivity index (χ3v) is 5.47. The van der Waals surface area contributed by atoms with Crippen LogP contribution in [0.15, 0.2) is 30.7 Å². The summed E-state index contributed by atoms with van der Waals surface area (Å²) in [5.74, 6) is 1.46. The van der Waals surface area contributed by atoms with Crippen LogP contribution < -0.4 is 15.4 Å². The molecule has 2 N–H and O–H groups in total. The molecule has 0 saturated carbocycles. The molecule has 0 amide bonds. The Balaban J connectivity index is 1.45. The molecule has 4 heterocycles. The van der Waals surface area contributed by atoms with E-state index in [1.165, 1.54) is 6.20 Å². The zero-order chi connectivity index (χ0) is 25.2. The van der Waals surface area contributed by atoms with Crippen LogP contribution in [0.2, 0.25) is 0 Å². The number of ether oxygens (including phenoxy) is 4. The number of fused-ring (bicyclic) bond motifs is 1. The molecule has 36 heavy (non-hydrogen) atoms. The summed E-state index contributed by atoms with van der Waals surface area (Å²) in [6.07, 6.45) is 4.89. The Morgan fingerprint density at radius 3 is 2.81 bits per heavy atom. The lowest BCUT2D eigenvalue weighted by Crippen LogP contribution is -2.28. The number of imidazole rings is 1. The van der Waals surface area contributed by atoms with Gasteiger partial charge in [-0.3, -0.25) is 9.36 Å². The smallest absolute Gasteiger partial charge is 0.319 e. The first kappa shape index (κ1) is 25.3. The number of hydrogen-bond acceptors (Lipinski definition) is 11. The number of hydrogen-bond donors (Lipinski definition) is 2. The number of anilines is 1. The van der Waals surface area contributed by atoms with Crippen molar-refractivity contribution < 1.29 is 23.7 Å². The lowest BCUT2D eigenvalue weighted by Gasteiger charge is -2.24. The van der Waals surface area contributed by atoms with Crippen LogP contribution >= 0.6 is 0 Å². The summed E-state index contributed by atoms with van der Waals surface area (Å²) in [7, 11) is 1.68. The van der Waals surface area contributed by atoms with Gasteiger partial charge in [0.25, 0.3) is 0 Å². The van der Waals surface area contributed by atoms with Crippen LogP contribution in [0.1, 0.15) is 18.4 Å². The molecule has 0 atom stereocenters. The van der Waals surface area contributed by atoms with E-state index in [0.29, 0.717) is 53.9 Å². The molecule has 12 heteroatoms. The first-order valence-corrected chi connectivity index (χ1v) is 11.8. The maximum atomic E-state index is 11.3. The number of aromatic nitrogens is 4. The predicted molar refractivity (Wildman–Crippen MR) is 130 cm³/mol. The first-order valence-electron chi connectivity index (χ1n) is 11.8. The van der Waals surface area contributed by atoms with E-state index in [-0.39, 0.29) is 38.4 Å². The molecule has 0 aromatic carbocycles. The number of esters is 1. The minimum atomic E-state index is -0.323. The Bertz CT molecular complexity index is 1190. The zero-order valence-corrected chi connectivity index (χ0v) is 20.1. The Hall–Kier alpha value is -3.79. The highest BCUT2D eigenvalue weighted by Gasteiger charge is 2.19. The van der Waals surface area contributed by atoms with Crippen LogP contribution in [-0.2, 0) is 19.0 Å². The van der Waals surface area contributed by atoms with Crippen LogP contribution in [0.5, 0.6) is 5.75 Å². The summed E-state index contributed by atoms with van der Waals surface area (Å²) < 4.78 is 23.8. The summed E-state index contributed by atoms with van der Waals surface area (Å²) in [5.41, 5.74) is 1.74. The van der Waals surface area contributed by atoms with Crippen LogP contribution in [0, 0.1) is 11.3 Å². The summed E-state index contributed by atoms with van der Waals surface area (Å²) in [6, 6.07) is 7.57. The molecule has 3 aromatic rings. The second-order valence-corrected chi connectivity index (χ2v) is 8.05. The topological polar surface area (TPSA) is 145 Å². The zero-order valence-electron chi connectivity index (χ0n) is 20.1. The number of nitrogens with zero attached hydrogens (tertiary/aromatic N) is 5. The van der Waals surface area contributed by atoms with Gasteiger partial charge in [-0.05, 0) is 32.0 Å². The Morgan fingerprint density at radius 1 is 1.22 bits per heavy atom. The lowest BCUT2D eigenvalue weighted by atomic mass is 10.1. The summed E-state index contributed by atoms with van der Waals surface area (Å²) in [6.45, 7) is 2.63. The highest BCUT2D eigenvalue weighted by Crippen LogP contribution is 2.29. The molecule has 4 rings (SSSR count). The number of likely N-dealkylation sites (N-methyl/N-ethyl adjacent to an activating group) is 1. The van der Waals surface area contributed by atoms with Crippen molar-refractivity contribution in [3.63, 3.8) is 0 Å². The molecule has 1 aliphatic heterocycles. The molecule has 0 bridgehead atoms. The van der Waals surface area contributed by atoms with Crippen LogP contribution in [0.4, 0.5) is 5.82 Å². The third kappa shape index (κ3) is 6.66. The van der Waals surface area contributed by atoms with E-state index in [4.69, 9.17) is 29.2 Å². The lowest BCUT2D eigenvalue weighted by molar-refractivity contribution is -0.144. The minimum Gasteiger partial charge on any atom is -0.487 e. The maximum Gasteiger partial charge on any atom is 0.319 e. The molecule has 0 spiro atoms. The maximum absolute atomic E-state index is 11.3. The van der Waals surface area contributed by atoms with Gasteiger partial charge in [0.15, 0.2) is 17.2 Å². The van der Waals surface area contributed by atoms with E-state index in [0.717, 1.165) is 12.8 Å². The van der Waals surface area contributed by atoms with E-state index in [2.05, 4.69) is 26.7 Å². The number of carbonyl (C=O) groups is 1. The second-order valence-electron chi connectivity index (χ2n) is 8.05. The van der Waals surface area contributed by atoms with E-state index in [1.54, 1.807) is 30.1 Å². The van der Waals surface area contributed by atoms with Gasteiger partial charge in [-0.15, -0.1) is 0 Å². The largest absolute Gasteiger partial charge is 0.487 e. The van der Waals surface area contributed by atoms with E-state index in [9.17, 15) is 4.79 Å². The quantitative estimate of drug-likeness (QED) is 0.278. The van der Waals surface area contributed by atoms with Gasteiger partial charge in [-0.2, -0.15) is 5.26 Å². The number of rotatable bonds is 12. The molecule has 3 aromatic heterocycles. The average Bonchev–Trinajstić information content (AvgIpc) is 3.31. The van der Waals surface area contributed by atoms with Gasteiger partial charge in [0, 0.05) is 31.5 Å². The van der Waals surface area contributed by atoms with Crippen molar-refractivity contribution in [3.8, 4) is 17.6 Å². The van der Waals surface area contributed by atoms with Crippen molar-refractivity contribution >= 4 is 23.0 Å². The summed E-state index contributed by atoms with van der Waals surface area (Å²) >= 11 is 0. The third-order valence-electron chi connectivity index (χ3n) is 5.47. The number of nitriles is 1. The average molecular weight is 496 g/mol. The van der Waals surface area contributed by atoms with Gasteiger partial charge in [0.05, 0.1) is 25.3 Å². The first-order chi connectivity index (χ1) is 17.7. The van der Waals surface area contributed by atoms with Gasteiger partial charge in [0.2, 0.25) is 0 Å². The fraction of sp³-hybridized carbons (Fsp3) is 0.458. The van der Waals surface area contributed by atoms with Gasteiger partial charge in [-0.25, -0.2) is 15.0 Å². The summed E-state index contributed by atoms with van der Waals surface area (Å²) in [5, 5.41) is 15.3. The van der Waals surface area contributed by atoms with E-state index in [1.807, 2.05) is 6.07 Å². The van der Waals surface area contributed by atoms with E-state index >= 15 is 0 Å². The van der Waals surface area contributed by atoms with Crippen molar-refractivity contribution in [2.75, 3.05) is 58.6 Å². The van der Waals surface area contributed by atoms with Gasteiger partial charge in [0.1, 0.15) is 36.9 Å². The van der Waals surface area contributed by atoms with Crippen LogP contribution in [0.25, 0.3) is 17.0 Å².